The van der Waals surface area contributed by atoms with Gasteiger partial charge in [0.25, 0.3) is 0 Å². The van der Waals surface area contributed by atoms with E-state index in [9.17, 15) is 0 Å². The summed E-state index contributed by atoms with van der Waals surface area (Å²) in [5.74, 6) is 0.820. The highest BCUT2D eigenvalue weighted by molar-refractivity contribution is 6.30. The highest BCUT2D eigenvalue weighted by Gasteiger charge is 2.05. The number of hydrogen-bond acceptors (Lipinski definition) is 3. The third-order valence-electron chi connectivity index (χ3n) is 2.43. The molecule has 90 valence electrons. The van der Waals surface area contributed by atoms with Crippen molar-refractivity contribution in [3.05, 3.63) is 47.1 Å². The van der Waals surface area contributed by atoms with Gasteiger partial charge in [0.15, 0.2) is 0 Å². The van der Waals surface area contributed by atoms with Crippen LogP contribution in [-0.2, 0) is 0 Å². The first-order chi connectivity index (χ1) is 8.74. The van der Waals surface area contributed by atoms with E-state index in [0.717, 1.165) is 17.0 Å². The first-order valence-electron chi connectivity index (χ1n) is 5.54. The predicted octanol–water partition coefficient (Wildman–Crippen LogP) is 3.67. The van der Waals surface area contributed by atoms with Gasteiger partial charge in [-0.05, 0) is 43.3 Å². The van der Waals surface area contributed by atoms with Crippen LogP contribution >= 0.6 is 11.6 Å². The molecule has 0 spiro atoms. The van der Waals surface area contributed by atoms with Gasteiger partial charge in [-0.2, -0.15) is 5.26 Å². The number of nitrogens with zero attached hydrogens (tertiary/aromatic N) is 2. The smallest absolute Gasteiger partial charge is 0.147 e. The van der Waals surface area contributed by atoms with Gasteiger partial charge in [-0.3, -0.25) is 0 Å². The molecule has 0 amide bonds. The minimum absolute atomic E-state index is 0.226. The highest BCUT2D eigenvalue weighted by Crippen LogP contribution is 2.23. The lowest BCUT2D eigenvalue weighted by atomic mass is 10.1. The maximum absolute atomic E-state index is 8.78. The Hall–Kier alpha value is -2.05. The predicted molar refractivity (Wildman–Crippen MR) is 70.6 cm³/mol. The van der Waals surface area contributed by atoms with Crippen LogP contribution in [0.4, 0.5) is 0 Å². The molecule has 0 aliphatic heterocycles. The molecule has 0 fully saturated rings. The van der Waals surface area contributed by atoms with Crippen LogP contribution in [0, 0.1) is 11.3 Å². The monoisotopic (exact) mass is 258 g/mol. The topological polar surface area (TPSA) is 45.9 Å². The lowest BCUT2D eigenvalue weighted by Gasteiger charge is -2.05. The maximum atomic E-state index is 8.78. The van der Waals surface area contributed by atoms with Crippen molar-refractivity contribution >= 4 is 11.6 Å². The molecule has 1 aromatic heterocycles. The third kappa shape index (κ3) is 2.61. The molecule has 0 saturated heterocycles. The average Bonchev–Trinajstić information content (AvgIpc) is 2.40. The molecule has 4 heteroatoms. The molecule has 0 saturated carbocycles. The van der Waals surface area contributed by atoms with E-state index in [0.29, 0.717) is 12.2 Å². The fraction of sp³-hybridized carbons (Fsp3) is 0.143. The van der Waals surface area contributed by atoms with E-state index in [1.54, 1.807) is 12.1 Å². The SMILES string of the molecule is CCOc1ccc(-c2ccc(C#N)c(Cl)n2)cc1. The summed E-state index contributed by atoms with van der Waals surface area (Å²) in [6.45, 7) is 2.58. The summed E-state index contributed by atoms with van der Waals surface area (Å²) in [6.07, 6.45) is 0. The summed E-state index contributed by atoms with van der Waals surface area (Å²) >= 11 is 5.90. The largest absolute Gasteiger partial charge is 0.494 e. The highest BCUT2D eigenvalue weighted by atomic mass is 35.5. The normalized spacial score (nSPS) is 9.83. The van der Waals surface area contributed by atoms with Crippen LogP contribution in [-0.4, -0.2) is 11.6 Å². The van der Waals surface area contributed by atoms with Crippen molar-refractivity contribution in [1.29, 1.82) is 5.26 Å². The Labute approximate surface area is 111 Å². The molecule has 0 N–H and O–H groups in total. The molecule has 0 radical (unpaired) electrons. The number of ether oxygens (including phenoxy) is 1. The van der Waals surface area contributed by atoms with Crippen LogP contribution in [0.2, 0.25) is 5.15 Å². The second kappa shape index (κ2) is 5.52. The van der Waals surface area contributed by atoms with Gasteiger partial charge in [-0.15, -0.1) is 0 Å². The quantitative estimate of drug-likeness (QED) is 0.789. The number of benzene rings is 1. The fourth-order valence-electron chi connectivity index (χ4n) is 1.57. The van der Waals surface area contributed by atoms with Crippen molar-refractivity contribution in [3.8, 4) is 23.1 Å². The summed E-state index contributed by atoms with van der Waals surface area (Å²) in [5, 5.41) is 9.01. The number of nitriles is 1. The molecular formula is C14H11ClN2O. The van der Waals surface area contributed by atoms with Crippen molar-refractivity contribution < 1.29 is 4.74 Å². The van der Waals surface area contributed by atoms with Crippen molar-refractivity contribution in [1.82, 2.24) is 4.98 Å². The fourth-order valence-corrected chi connectivity index (χ4v) is 1.76. The first-order valence-corrected chi connectivity index (χ1v) is 5.92. The van der Waals surface area contributed by atoms with E-state index in [2.05, 4.69) is 4.98 Å². The zero-order chi connectivity index (χ0) is 13.0. The summed E-state index contributed by atoms with van der Waals surface area (Å²) < 4.78 is 5.37. The van der Waals surface area contributed by atoms with Gasteiger partial charge in [0, 0.05) is 5.56 Å². The van der Waals surface area contributed by atoms with E-state index >= 15 is 0 Å². The summed E-state index contributed by atoms with van der Waals surface area (Å²) in [5.41, 5.74) is 2.05. The van der Waals surface area contributed by atoms with Gasteiger partial charge >= 0.3 is 0 Å². The summed E-state index contributed by atoms with van der Waals surface area (Å²) in [4.78, 5) is 4.19. The van der Waals surface area contributed by atoms with Crippen molar-refractivity contribution in [2.24, 2.45) is 0 Å². The number of aromatic nitrogens is 1. The van der Waals surface area contributed by atoms with Gasteiger partial charge in [0.1, 0.15) is 17.0 Å². The third-order valence-corrected chi connectivity index (χ3v) is 2.72. The second-order valence-electron chi connectivity index (χ2n) is 3.60. The van der Waals surface area contributed by atoms with Gasteiger partial charge in [0.05, 0.1) is 17.9 Å². The van der Waals surface area contributed by atoms with E-state index in [4.69, 9.17) is 21.6 Å². The van der Waals surface area contributed by atoms with E-state index in [-0.39, 0.29) is 5.15 Å². The number of hydrogen-bond donors (Lipinski definition) is 0. The van der Waals surface area contributed by atoms with Crippen molar-refractivity contribution in [3.63, 3.8) is 0 Å². The molecule has 0 unspecified atom stereocenters. The van der Waals surface area contributed by atoms with Crippen LogP contribution < -0.4 is 4.74 Å². The number of halogens is 1. The Kier molecular flexibility index (Phi) is 3.81. The van der Waals surface area contributed by atoms with Gasteiger partial charge < -0.3 is 4.74 Å². The van der Waals surface area contributed by atoms with Crippen LogP contribution in [0.3, 0.4) is 0 Å². The summed E-state index contributed by atoms with van der Waals surface area (Å²) in [6, 6.07) is 13.0. The Morgan fingerprint density at radius 2 is 1.94 bits per heavy atom. The molecule has 2 aromatic rings. The van der Waals surface area contributed by atoms with Gasteiger partial charge in [-0.1, -0.05) is 11.6 Å². The first kappa shape index (κ1) is 12.4. The molecule has 0 atom stereocenters. The van der Waals surface area contributed by atoms with Crippen LogP contribution in [0.5, 0.6) is 5.75 Å². The van der Waals surface area contributed by atoms with Gasteiger partial charge in [0.2, 0.25) is 0 Å². The molecular weight excluding hydrogens is 248 g/mol. The minimum atomic E-state index is 0.226. The molecule has 0 aliphatic rings. The summed E-state index contributed by atoms with van der Waals surface area (Å²) in [7, 11) is 0. The lowest BCUT2D eigenvalue weighted by Crippen LogP contribution is -1.91. The molecule has 2 rings (SSSR count). The zero-order valence-electron chi connectivity index (χ0n) is 9.85. The molecule has 0 bridgehead atoms. The molecule has 1 aromatic carbocycles. The van der Waals surface area contributed by atoms with E-state index < -0.39 is 0 Å². The molecule has 1 heterocycles. The van der Waals surface area contributed by atoms with Crippen LogP contribution in [0.1, 0.15) is 12.5 Å². The Morgan fingerprint density at radius 3 is 2.50 bits per heavy atom. The second-order valence-corrected chi connectivity index (χ2v) is 3.96. The van der Waals surface area contributed by atoms with Crippen LogP contribution in [0.25, 0.3) is 11.3 Å². The molecule has 18 heavy (non-hydrogen) atoms. The average molecular weight is 259 g/mol. The number of pyridine rings is 1. The Morgan fingerprint density at radius 1 is 1.22 bits per heavy atom. The Balaban J connectivity index is 2.31. The lowest BCUT2D eigenvalue weighted by molar-refractivity contribution is 0.340. The number of rotatable bonds is 3. The van der Waals surface area contributed by atoms with Gasteiger partial charge in [-0.25, -0.2) is 4.98 Å². The molecule has 3 nitrogen and oxygen atoms in total. The molecule has 0 aliphatic carbocycles. The maximum Gasteiger partial charge on any atom is 0.147 e. The zero-order valence-corrected chi connectivity index (χ0v) is 10.6. The standard InChI is InChI=1S/C14H11ClN2O/c1-2-18-12-6-3-10(4-7-12)13-8-5-11(9-16)14(15)17-13/h3-8H,2H2,1H3. The van der Waals surface area contributed by atoms with E-state index in [1.807, 2.05) is 37.3 Å². The van der Waals surface area contributed by atoms with E-state index in [1.165, 1.54) is 0 Å². The Bertz CT molecular complexity index is 588. The minimum Gasteiger partial charge on any atom is -0.494 e. The van der Waals surface area contributed by atoms with Crippen molar-refractivity contribution in [2.45, 2.75) is 6.92 Å². The van der Waals surface area contributed by atoms with Crippen molar-refractivity contribution in [2.75, 3.05) is 6.61 Å². The van der Waals surface area contributed by atoms with Crippen LogP contribution in [0.15, 0.2) is 36.4 Å².